The second-order valence-corrected chi connectivity index (χ2v) is 4.78. The summed E-state index contributed by atoms with van der Waals surface area (Å²) in [5.74, 6) is 0.254. The quantitative estimate of drug-likeness (QED) is 0.749. The molecule has 2 fully saturated rings. The summed E-state index contributed by atoms with van der Waals surface area (Å²) < 4.78 is 5.23. The second-order valence-electron chi connectivity index (χ2n) is 4.78. The van der Waals surface area contributed by atoms with E-state index in [-0.39, 0.29) is 11.4 Å². The van der Waals surface area contributed by atoms with Crippen LogP contribution in [0.25, 0.3) is 0 Å². The summed E-state index contributed by atoms with van der Waals surface area (Å²) in [4.78, 5) is 14.1. The summed E-state index contributed by atoms with van der Waals surface area (Å²) in [6.45, 7) is 4.74. The van der Waals surface area contributed by atoms with Gasteiger partial charge in [-0.15, -0.1) is 0 Å². The highest BCUT2D eigenvalue weighted by Gasteiger charge is 2.46. The average Bonchev–Trinajstić information content (AvgIpc) is 2.46. The number of rotatable bonds is 3. The van der Waals surface area contributed by atoms with Crippen LogP contribution >= 0.6 is 0 Å². The number of nitrogens with zero attached hydrogens (tertiary/aromatic N) is 1. The Morgan fingerprint density at radius 2 is 2.27 bits per heavy atom. The normalized spacial score (nSPS) is 40.7. The van der Waals surface area contributed by atoms with Crippen molar-refractivity contribution in [3.63, 3.8) is 0 Å². The van der Waals surface area contributed by atoms with Crippen molar-refractivity contribution in [2.45, 2.75) is 50.8 Å². The molecule has 0 radical (unpaired) electrons. The second kappa shape index (κ2) is 3.76. The molecule has 1 heterocycles. The van der Waals surface area contributed by atoms with Crippen LogP contribution < -0.4 is 5.32 Å². The largest absolute Gasteiger partial charge is 0.381 e. The van der Waals surface area contributed by atoms with Crippen LogP contribution in [0.5, 0.6) is 0 Å². The predicted molar refractivity (Wildman–Crippen MR) is 57.4 cm³/mol. The van der Waals surface area contributed by atoms with Gasteiger partial charge in [0.1, 0.15) is 0 Å². The minimum Gasteiger partial charge on any atom is -0.381 e. The monoisotopic (exact) mass is 212 g/mol. The SMILES string of the molecule is CCC1(C)NCN(C2CC(OC)C2)C1=O. The molecule has 1 saturated heterocycles. The molecular formula is C11H20N2O2. The van der Waals surface area contributed by atoms with Crippen LogP contribution in [0.3, 0.4) is 0 Å². The lowest BCUT2D eigenvalue weighted by molar-refractivity contribution is -0.138. The molecule has 1 atom stereocenters. The number of hydrogen-bond acceptors (Lipinski definition) is 3. The lowest BCUT2D eigenvalue weighted by atomic mass is 9.87. The van der Waals surface area contributed by atoms with Crippen LogP contribution in [-0.2, 0) is 9.53 Å². The third-order valence-corrected chi connectivity index (χ3v) is 3.92. The van der Waals surface area contributed by atoms with E-state index in [2.05, 4.69) is 5.32 Å². The van der Waals surface area contributed by atoms with Crippen molar-refractivity contribution < 1.29 is 9.53 Å². The fourth-order valence-corrected chi connectivity index (χ4v) is 2.28. The maximum absolute atomic E-state index is 12.1. The van der Waals surface area contributed by atoms with Gasteiger partial charge < -0.3 is 9.64 Å². The van der Waals surface area contributed by atoms with Gasteiger partial charge in [-0.2, -0.15) is 0 Å². The van der Waals surface area contributed by atoms with Gasteiger partial charge >= 0.3 is 0 Å². The van der Waals surface area contributed by atoms with E-state index in [1.165, 1.54) is 0 Å². The highest BCUT2D eigenvalue weighted by atomic mass is 16.5. The minimum absolute atomic E-state index is 0.254. The molecule has 0 bridgehead atoms. The van der Waals surface area contributed by atoms with E-state index in [4.69, 9.17) is 4.74 Å². The van der Waals surface area contributed by atoms with E-state index in [1.807, 2.05) is 18.7 Å². The molecule has 4 nitrogen and oxygen atoms in total. The summed E-state index contributed by atoms with van der Waals surface area (Å²) in [5.41, 5.74) is -0.335. The first kappa shape index (κ1) is 10.9. The zero-order valence-electron chi connectivity index (χ0n) is 9.75. The maximum atomic E-state index is 12.1. The Labute approximate surface area is 91.0 Å². The van der Waals surface area contributed by atoms with Crippen LogP contribution in [0.2, 0.25) is 0 Å². The molecule has 2 rings (SSSR count). The molecule has 4 heteroatoms. The summed E-state index contributed by atoms with van der Waals surface area (Å²) in [6, 6.07) is 0.392. The topological polar surface area (TPSA) is 41.6 Å². The highest BCUT2D eigenvalue weighted by Crippen LogP contribution is 2.32. The summed E-state index contributed by atoms with van der Waals surface area (Å²) >= 11 is 0. The molecule has 1 unspecified atom stereocenters. The molecule has 1 saturated carbocycles. The zero-order valence-corrected chi connectivity index (χ0v) is 9.75. The van der Waals surface area contributed by atoms with Gasteiger partial charge in [0.05, 0.1) is 18.3 Å². The molecule has 1 aliphatic carbocycles. The van der Waals surface area contributed by atoms with Gasteiger partial charge in [-0.3, -0.25) is 10.1 Å². The van der Waals surface area contributed by atoms with E-state index in [0.29, 0.717) is 18.8 Å². The highest BCUT2D eigenvalue weighted by molar-refractivity contribution is 5.88. The molecule has 0 aromatic rings. The van der Waals surface area contributed by atoms with E-state index in [9.17, 15) is 4.79 Å². The van der Waals surface area contributed by atoms with Gasteiger partial charge in [-0.25, -0.2) is 0 Å². The minimum atomic E-state index is -0.335. The van der Waals surface area contributed by atoms with Crippen molar-refractivity contribution >= 4 is 5.91 Å². The van der Waals surface area contributed by atoms with Crippen LogP contribution in [0.1, 0.15) is 33.1 Å². The smallest absolute Gasteiger partial charge is 0.243 e. The summed E-state index contributed by atoms with van der Waals surface area (Å²) in [6.07, 6.45) is 3.19. The number of carbonyl (C=O) groups is 1. The molecule has 86 valence electrons. The van der Waals surface area contributed by atoms with Gasteiger partial charge in [0.15, 0.2) is 0 Å². The third-order valence-electron chi connectivity index (χ3n) is 3.92. The van der Waals surface area contributed by atoms with Crippen molar-refractivity contribution in [2.75, 3.05) is 13.8 Å². The van der Waals surface area contributed by atoms with Gasteiger partial charge in [0.25, 0.3) is 0 Å². The fraction of sp³-hybridized carbons (Fsp3) is 0.909. The van der Waals surface area contributed by atoms with Crippen molar-refractivity contribution in [3.8, 4) is 0 Å². The molecule has 15 heavy (non-hydrogen) atoms. The number of nitrogens with one attached hydrogen (secondary N) is 1. The number of carbonyl (C=O) groups excluding carboxylic acids is 1. The average molecular weight is 212 g/mol. The Morgan fingerprint density at radius 3 is 2.73 bits per heavy atom. The number of amides is 1. The van der Waals surface area contributed by atoms with E-state index in [0.717, 1.165) is 19.3 Å². The van der Waals surface area contributed by atoms with Crippen molar-refractivity contribution in [2.24, 2.45) is 0 Å². The zero-order chi connectivity index (χ0) is 11.1. The Kier molecular flexibility index (Phi) is 2.73. The lowest BCUT2D eigenvalue weighted by Gasteiger charge is -2.40. The molecule has 2 aliphatic rings. The predicted octanol–water partition coefficient (Wildman–Crippen LogP) is 0.722. The van der Waals surface area contributed by atoms with Gasteiger partial charge in [0, 0.05) is 13.2 Å². The molecule has 1 amide bonds. The van der Waals surface area contributed by atoms with E-state index < -0.39 is 0 Å². The van der Waals surface area contributed by atoms with Crippen LogP contribution in [0.15, 0.2) is 0 Å². The molecule has 1 N–H and O–H groups in total. The van der Waals surface area contributed by atoms with Gasteiger partial charge in [-0.1, -0.05) is 6.92 Å². The van der Waals surface area contributed by atoms with Crippen LogP contribution in [0, 0.1) is 0 Å². The Balaban J connectivity index is 1.94. The van der Waals surface area contributed by atoms with Gasteiger partial charge in [-0.05, 0) is 26.2 Å². The van der Waals surface area contributed by atoms with Crippen molar-refractivity contribution in [1.29, 1.82) is 0 Å². The number of methoxy groups -OCH3 is 1. The number of hydrogen-bond donors (Lipinski definition) is 1. The lowest BCUT2D eigenvalue weighted by Crippen LogP contribution is -2.51. The van der Waals surface area contributed by atoms with E-state index in [1.54, 1.807) is 7.11 Å². The molecule has 0 spiro atoms. The first-order valence-electron chi connectivity index (χ1n) is 5.69. The summed E-state index contributed by atoms with van der Waals surface area (Å²) in [7, 11) is 1.74. The van der Waals surface area contributed by atoms with Crippen molar-refractivity contribution in [3.05, 3.63) is 0 Å². The first-order valence-corrected chi connectivity index (χ1v) is 5.69. The molecule has 0 aromatic heterocycles. The van der Waals surface area contributed by atoms with E-state index >= 15 is 0 Å². The fourth-order valence-electron chi connectivity index (χ4n) is 2.28. The van der Waals surface area contributed by atoms with Crippen LogP contribution in [0.4, 0.5) is 0 Å². The summed E-state index contributed by atoms with van der Waals surface area (Å²) in [5, 5.41) is 3.30. The van der Waals surface area contributed by atoms with Gasteiger partial charge in [0.2, 0.25) is 5.91 Å². The number of ether oxygens (including phenoxy) is 1. The van der Waals surface area contributed by atoms with Crippen molar-refractivity contribution in [1.82, 2.24) is 10.2 Å². The molecule has 0 aromatic carbocycles. The van der Waals surface area contributed by atoms with Crippen LogP contribution in [-0.4, -0.2) is 42.3 Å². The first-order chi connectivity index (χ1) is 7.10. The maximum Gasteiger partial charge on any atom is 0.243 e. The Hall–Kier alpha value is -0.610. The third kappa shape index (κ3) is 1.66. The Morgan fingerprint density at radius 1 is 1.60 bits per heavy atom. The molecular weight excluding hydrogens is 192 g/mol. The standard InChI is InChI=1S/C11H20N2O2/c1-4-11(2)10(14)13(7-12-11)8-5-9(6-8)15-3/h8-9,12H,4-7H2,1-3H3. The Bertz CT molecular complexity index is 263. The molecule has 1 aliphatic heterocycles.